The molecule has 1 amide bonds. The lowest BCUT2D eigenvalue weighted by Gasteiger charge is -2.21. The zero-order chi connectivity index (χ0) is 13.7. The maximum Gasteiger partial charge on any atom is 0.254 e. The Morgan fingerprint density at radius 2 is 2.06 bits per heavy atom. The molecule has 5 nitrogen and oxygen atoms in total. The molecular weight excluding hydrogens is 228 g/mol. The maximum atomic E-state index is 11.7. The van der Waals surface area contributed by atoms with Crippen LogP contribution < -0.4 is 10.6 Å². The van der Waals surface area contributed by atoms with Crippen LogP contribution in [0.2, 0.25) is 0 Å². The summed E-state index contributed by atoms with van der Waals surface area (Å²) in [6.45, 7) is 3.60. The van der Waals surface area contributed by atoms with E-state index in [1.807, 2.05) is 18.0 Å². The molecule has 0 aromatic carbocycles. The van der Waals surface area contributed by atoms with Crippen molar-refractivity contribution in [2.75, 3.05) is 39.1 Å². The molecular formula is C13H22N4O. The molecule has 0 fully saturated rings. The Labute approximate surface area is 109 Å². The molecule has 1 unspecified atom stereocenters. The fourth-order valence-electron chi connectivity index (χ4n) is 1.63. The molecule has 0 bridgehead atoms. The fourth-order valence-corrected chi connectivity index (χ4v) is 1.63. The van der Waals surface area contributed by atoms with E-state index in [2.05, 4.69) is 11.9 Å². The lowest BCUT2D eigenvalue weighted by molar-refractivity contribution is 0.0827. The van der Waals surface area contributed by atoms with E-state index in [1.54, 1.807) is 26.4 Å². The van der Waals surface area contributed by atoms with Gasteiger partial charge in [0.2, 0.25) is 0 Å². The predicted octanol–water partition coefficient (Wildman–Crippen LogP) is 0.814. The first-order valence-electron chi connectivity index (χ1n) is 6.04. The lowest BCUT2D eigenvalue weighted by atomic mass is 10.2. The van der Waals surface area contributed by atoms with Crippen LogP contribution in [0, 0.1) is 5.92 Å². The van der Waals surface area contributed by atoms with Gasteiger partial charge in [-0.15, -0.1) is 0 Å². The Hall–Kier alpha value is -1.62. The third kappa shape index (κ3) is 3.70. The van der Waals surface area contributed by atoms with Crippen LogP contribution in [0.3, 0.4) is 0 Å². The summed E-state index contributed by atoms with van der Waals surface area (Å²) in [5.74, 6) is 1.23. The highest BCUT2D eigenvalue weighted by Gasteiger charge is 2.10. The summed E-state index contributed by atoms with van der Waals surface area (Å²) in [5, 5.41) is 0. The van der Waals surface area contributed by atoms with Gasteiger partial charge in [-0.2, -0.15) is 0 Å². The summed E-state index contributed by atoms with van der Waals surface area (Å²) in [6.07, 6.45) is 1.61. The minimum absolute atomic E-state index is 0.0352. The Morgan fingerprint density at radius 1 is 1.39 bits per heavy atom. The number of aromatic nitrogens is 1. The SMILES string of the molecule is CC(CN)CN(C)c1ccc(C(=O)N(C)C)cn1. The van der Waals surface area contributed by atoms with E-state index in [9.17, 15) is 4.79 Å². The van der Waals surface area contributed by atoms with Gasteiger partial charge in [0, 0.05) is 33.9 Å². The number of carbonyl (C=O) groups is 1. The summed E-state index contributed by atoms with van der Waals surface area (Å²) in [5.41, 5.74) is 6.20. The minimum atomic E-state index is -0.0352. The molecule has 1 heterocycles. The first-order chi connectivity index (χ1) is 8.45. The molecule has 0 aliphatic heterocycles. The molecule has 0 aliphatic carbocycles. The monoisotopic (exact) mass is 250 g/mol. The quantitative estimate of drug-likeness (QED) is 0.840. The molecule has 5 heteroatoms. The smallest absolute Gasteiger partial charge is 0.254 e. The van der Waals surface area contributed by atoms with E-state index >= 15 is 0 Å². The highest BCUT2D eigenvalue weighted by Crippen LogP contribution is 2.12. The molecule has 18 heavy (non-hydrogen) atoms. The zero-order valence-corrected chi connectivity index (χ0v) is 11.6. The van der Waals surface area contributed by atoms with Gasteiger partial charge in [-0.1, -0.05) is 6.92 Å². The molecule has 0 saturated heterocycles. The van der Waals surface area contributed by atoms with Gasteiger partial charge in [0.1, 0.15) is 5.82 Å². The maximum absolute atomic E-state index is 11.7. The second-order valence-electron chi connectivity index (χ2n) is 4.83. The molecule has 1 atom stereocenters. The van der Waals surface area contributed by atoms with Gasteiger partial charge >= 0.3 is 0 Å². The number of hydrogen-bond donors (Lipinski definition) is 1. The summed E-state index contributed by atoms with van der Waals surface area (Å²) in [7, 11) is 5.43. The van der Waals surface area contributed by atoms with E-state index in [0.717, 1.165) is 12.4 Å². The van der Waals surface area contributed by atoms with Crippen molar-refractivity contribution >= 4 is 11.7 Å². The van der Waals surface area contributed by atoms with Crippen molar-refractivity contribution in [3.8, 4) is 0 Å². The minimum Gasteiger partial charge on any atom is -0.359 e. The van der Waals surface area contributed by atoms with Gasteiger partial charge in [0.05, 0.1) is 5.56 Å². The van der Waals surface area contributed by atoms with Gasteiger partial charge in [0.25, 0.3) is 5.91 Å². The number of anilines is 1. The number of nitrogens with two attached hydrogens (primary N) is 1. The molecule has 0 saturated carbocycles. The lowest BCUT2D eigenvalue weighted by Crippen LogP contribution is -2.29. The molecule has 1 rings (SSSR count). The van der Waals surface area contributed by atoms with E-state index in [4.69, 9.17) is 5.73 Å². The Morgan fingerprint density at radius 3 is 2.50 bits per heavy atom. The first-order valence-corrected chi connectivity index (χ1v) is 6.04. The van der Waals surface area contributed by atoms with Crippen molar-refractivity contribution in [2.24, 2.45) is 11.7 Å². The van der Waals surface area contributed by atoms with E-state index in [1.165, 1.54) is 4.90 Å². The van der Waals surface area contributed by atoms with Crippen molar-refractivity contribution in [3.05, 3.63) is 23.9 Å². The van der Waals surface area contributed by atoms with E-state index in [-0.39, 0.29) is 5.91 Å². The average Bonchev–Trinajstić information content (AvgIpc) is 2.37. The van der Waals surface area contributed by atoms with Crippen LogP contribution in [0.4, 0.5) is 5.82 Å². The van der Waals surface area contributed by atoms with E-state index < -0.39 is 0 Å². The van der Waals surface area contributed by atoms with Crippen molar-refractivity contribution in [3.63, 3.8) is 0 Å². The van der Waals surface area contributed by atoms with Crippen LogP contribution in [-0.2, 0) is 0 Å². The Balaban J connectivity index is 2.73. The molecule has 1 aromatic rings. The van der Waals surface area contributed by atoms with Crippen molar-refractivity contribution < 1.29 is 4.79 Å². The molecule has 2 N–H and O–H groups in total. The number of carbonyl (C=O) groups excluding carboxylic acids is 1. The van der Waals surface area contributed by atoms with E-state index in [0.29, 0.717) is 18.0 Å². The summed E-state index contributed by atoms with van der Waals surface area (Å²) >= 11 is 0. The highest BCUT2D eigenvalue weighted by atomic mass is 16.2. The average molecular weight is 250 g/mol. The van der Waals surface area contributed by atoms with Crippen molar-refractivity contribution in [2.45, 2.75) is 6.92 Å². The van der Waals surface area contributed by atoms with Gasteiger partial charge in [-0.25, -0.2) is 4.98 Å². The first kappa shape index (κ1) is 14.4. The largest absolute Gasteiger partial charge is 0.359 e. The number of nitrogens with zero attached hydrogens (tertiary/aromatic N) is 3. The normalized spacial score (nSPS) is 12.1. The summed E-state index contributed by atoms with van der Waals surface area (Å²) in [4.78, 5) is 19.6. The van der Waals surface area contributed by atoms with Crippen molar-refractivity contribution in [1.29, 1.82) is 0 Å². The fraction of sp³-hybridized carbons (Fsp3) is 0.538. The summed E-state index contributed by atoms with van der Waals surface area (Å²) < 4.78 is 0. The van der Waals surface area contributed by atoms with Crippen LogP contribution >= 0.6 is 0 Å². The van der Waals surface area contributed by atoms with Crippen LogP contribution in [0.25, 0.3) is 0 Å². The van der Waals surface area contributed by atoms with Gasteiger partial charge in [0.15, 0.2) is 0 Å². The second kappa shape index (κ2) is 6.35. The Kier molecular flexibility index (Phi) is 5.09. The van der Waals surface area contributed by atoms with Crippen molar-refractivity contribution in [1.82, 2.24) is 9.88 Å². The number of pyridine rings is 1. The molecule has 0 spiro atoms. The van der Waals surface area contributed by atoms with Crippen LogP contribution in [0.1, 0.15) is 17.3 Å². The van der Waals surface area contributed by atoms with Gasteiger partial charge < -0.3 is 15.5 Å². The molecule has 100 valence electrons. The molecule has 1 aromatic heterocycles. The second-order valence-corrected chi connectivity index (χ2v) is 4.83. The topological polar surface area (TPSA) is 62.5 Å². The standard InChI is InChI=1S/C13H22N4O/c1-10(7-14)9-17(4)12-6-5-11(8-15-12)13(18)16(2)3/h5-6,8,10H,7,9,14H2,1-4H3. The van der Waals surface area contributed by atoms with Crippen LogP contribution in [0.5, 0.6) is 0 Å². The number of rotatable bonds is 5. The molecule has 0 radical (unpaired) electrons. The zero-order valence-electron chi connectivity index (χ0n) is 11.6. The van der Waals surface area contributed by atoms with Gasteiger partial charge in [-0.05, 0) is 24.6 Å². The highest BCUT2D eigenvalue weighted by molar-refractivity contribution is 5.93. The van der Waals surface area contributed by atoms with Crippen LogP contribution in [0.15, 0.2) is 18.3 Å². The molecule has 0 aliphatic rings. The third-order valence-corrected chi connectivity index (χ3v) is 2.78. The predicted molar refractivity (Wildman–Crippen MR) is 73.7 cm³/mol. The van der Waals surface area contributed by atoms with Gasteiger partial charge in [-0.3, -0.25) is 4.79 Å². The van der Waals surface area contributed by atoms with Crippen LogP contribution in [-0.4, -0.2) is 50.0 Å². The third-order valence-electron chi connectivity index (χ3n) is 2.78. The number of amides is 1. The Bertz CT molecular complexity index is 388. The number of hydrogen-bond acceptors (Lipinski definition) is 4. The summed E-state index contributed by atoms with van der Waals surface area (Å²) in [6, 6.07) is 3.66.